The number of rotatable bonds is 2. The second-order valence-corrected chi connectivity index (χ2v) is 5.97. The maximum Gasteiger partial charge on any atom is 0.178 e. The molecule has 0 saturated heterocycles. The average molecular weight is 322 g/mol. The van der Waals surface area contributed by atoms with Gasteiger partial charge in [0.05, 0.1) is 11.9 Å². The van der Waals surface area contributed by atoms with Crippen molar-refractivity contribution in [2.45, 2.75) is 0 Å². The van der Waals surface area contributed by atoms with Gasteiger partial charge in [0.25, 0.3) is 0 Å². The normalized spacial score (nSPS) is 11.2. The minimum atomic E-state index is 0.660. The molecule has 0 aliphatic rings. The molecule has 0 bridgehead atoms. The maximum atomic E-state index is 4.64. The van der Waals surface area contributed by atoms with Crippen LogP contribution in [-0.2, 0) is 0 Å². The van der Waals surface area contributed by atoms with Crippen LogP contribution in [0.15, 0.2) is 79.3 Å². The highest BCUT2D eigenvalue weighted by molar-refractivity contribution is 5.86. The van der Waals surface area contributed by atoms with E-state index < -0.39 is 0 Å². The molecule has 118 valence electrons. The number of hydrogen-bond acceptors (Lipinski definition) is 3. The van der Waals surface area contributed by atoms with Crippen molar-refractivity contribution in [2.24, 2.45) is 0 Å². The van der Waals surface area contributed by atoms with E-state index in [9.17, 15) is 0 Å². The lowest BCUT2D eigenvalue weighted by Gasteiger charge is -2.05. The monoisotopic (exact) mass is 322 g/mol. The fourth-order valence-electron chi connectivity index (χ4n) is 3.04. The Kier molecular flexibility index (Phi) is 3.07. The summed E-state index contributed by atoms with van der Waals surface area (Å²) < 4.78 is 0. The van der Waals surface area contributed by atoms with Crippen LogP contribution in [0.1, 0.15) is 0 Å². The number of H-pyrrole nitrogens is 1. The predicted molar refractivity (Wildman–Crippen MR) is 100 cm³/mol. The summed E-state index contributed by atoms with van der Waals surface area (Å²) in [7, 11) is 0. The zero-order valence-electron chi connectivity index (χ0n) is 13.3. The van der Waals surface area contributed by atoms with Crippen LogP contribution in [-0.4, -0.2) is 19.9 Å². The van der Waals surface area contributed by atoms with Gasteiger partial charge in [-0.1, -0.05) is 36.4 Å². The van der Waals surface area contributed by atoms with Crippen LogP contribution in [0.5, 0.6) is 0 Å². The van der Waals surface area contributed by atoms with Gasteiger partial charge in [0.2, 0.25) is 0 Å². The number of benzene rings is 2. The SMILES string of the molecule is c1ccc(-c2cnc3cc(-c4ccc5[nH]ccc5c4)cnc3n2)cc1. The van der Waals surface area contributed by atoms with E-state index in [-0.39, 0.29) is 0 Å². The largest absolute Gasteiger partial charge is 0.361 e. The first-order chi connectivity index (χ1) is 12.4. The molecule has 0 aliphatic heterocycles. The van der Waals surface area contributed by atoms with E-state index in [1.165, 1.54) is 5.39 Å². The number of hydrogen-bond donors (Lipinski definition) is 1. The molecular weight excluding hydrogens is 308 g/mol. The van der Waals surface area contributed by atoms with Gasteiger partial charge in [0.1, 0.15) is 5.52 Å². The van der Waals surface area contributed by atoms with Gasteiger partial charge in [0.15, 0.2) is 5.65 Å². The zero-order valence-corrected chi connectivity index (χ0v) is 13.3. The van der Waals surface area contributed by atoms with E-state index >= 15 is 0 Å². The highest BCUT2D eigenvalue weighted by Crippen LogP contribution is 2.26. The molecule has 25 heavy (non-hydrogen) atoms. The number of aromatic amines is 1. The Bertz CT molecular complexity index is 1190. The Morgan fingerprint density at radius 3 is 2.56 bits per heavy atom. The summed E-state index contributed by atoms with van der Waals surface area (Å²) >= 11 is 0. The van der Waals surface area contributed by atoms with Crippen molar-refractivity contribution in [2.75, 3.05) is 0 Å². The molecule has 0 aliphatic carbocycles. The fraction of sp³-hybridized carbons (Fsp3) is 0. The molecule has 0 saturated carbocycles. The number of fused-ring (bicyclic) bond motifs is 2. The van der Waals surface area contributed by atoms with Gasteiger partial charge in [-0.15, -0.1) is 0 Å². The predicted octanol–water partition coefficient (Wildman–Crippen LogP) is 4.84. The molecule has 5 aromatic rings. The van der Waals surface area contributed by atoms with Crippen molar-refractivity contribution >= 4 is 22.1 Å². The number of pyridine rings is 1. The van der Waals surface area contributed by atoms with Gasteiger partial charge in [0, 0.05) is 29.0 Å². The average Bonchev–Trinajstić information content (AvgIpc) is 3.15. The Labute approximate surface area is 144 Å². The Balaban J connectivity index is 1.59. The molecule has 4 heteroatoms. The molecule has 0 amide bonds. The summed E-state index contributed by atoms with van der Waals surface area (Å²) in [5, 5.41) is 1.18. The van der Waals surface area contributed by atoms with E-state index in [0.717, 1.165) is 33.4 Å². The molecule has 3 aromatic heterocycles. The summed E-state index contributed by atoms with van der Waals surface area (Å²) in [6.07, 6.45) is 5.61. The maximum absolute atomic E-state index is 4.64. The molecule has 0 unspecified atom stereocenters. The molecule has 2 aromatic carbocycles. The van der Waals surface area contributed by atoms with E-state index in [1.54, 1.807) is 6.20 Å². The lowest BCUT2D eigenvalue weighted by Crippen LogP contribution is -1.92. The third-order valence-electron chi connectivity index (χ3n) is 4.36. The van der Waals surface area contributed by atoms with Crippen molar-refractivity contribution in [3.05, 3.63) is 79.3 Å². The highest BCUT2D eigenvalue weighted by atomic mass is 14.9. The van der Waals surface area contributed by atoms with E-state index in [2.05, 4.69) is 44.2 Å². The molecule has 4 nitrogen and oxygen atoms in total. The van der Waals surface area contributed by atoms with Gasteiger partial charge < -0.3 is 4.98 Å². The van der Waals surface area contributed by atoms with Crippen LogP contribution in [0, 0.1) is 0 Å². The fourth-order valence-corrected chi connectivity index (χ4v) is 3.04. The van der Waals surface area contributed by atoms with Crippen LogP contribution in [0.4, 0.5) is 0 Å². The van der Waals surface area contributed by atoms with E-state index in [1.807, 2.05) is 48.8 Å². The molecule has 0 fully saturated rings. The summed E-state index contributed by atoms with van der Waals surface area (Å²) in [6, 6.07) is 20.5. The van der Waals surface area contributed by atoms with Crippen LogP contribution < -0.4 is 0 Å². The topological polar surface area (TPSA) is 54.5 Å². The van der Waals surface area contributed by atoms with Crippen molar-refractivity contribution in [1.29, 1.82) is 0 Å². The van der Waals surface area contributed by atoms with Gasteiger partial charge in [-0.05, 0) is 35.2 Å². The molecule has 5 rings (SSSR count). The van der Waals surface area contributed by atoms with Crippen molar-refractivity contribution < 1.29 is 0 Å². The summed E-state index contributed by atoms with van der Waals surface area (Å²) in [5.41, 5.74) is 6.62. The minimum Gasteiger partial charge on any atom is -0.361 e. The molecule has 0 atom stereocenters. The van der Waals surface area contributed by atoms with Crippen LogP contribution >= 0.6 is 0 Å². The Hall–Kier alpha value is -3.53. The molecular formula is C21H14N4. The first-order valence-electron chi connectivity index (χ1n) is 8.12. The first-order valence-corrected chi connectivity index (χ1v) is 8.12. The second-order valence-electron chi connectivity index (χ2n) is 5.97. The Morgan fingerprint density at radius 1 is 0.720 bits per heavy atom. The summed E-state index contributed by atoms with van der Waals surface area (Å²) in [4.78, 5) is 16.9. The molecule has 3 heterocycles. The van der Waals surface area contributed by atoms with Crippen LogP contribution in [0.2, 0.25) is 0 Å². The number of aromatic nitrogens is 4. The molecule has 1 N–H and O–H groups in total. The van der Waals surface area contributed by atoms with Gasteiger partial charge >= 0.3 is 0 Å². The van der Waals surface area contributed by atoms with Crippen molar-refractivity contribution in [1.82, 2.24) is 19.9 Å². The summed E-state index contributed by atoms with van der Waals surface area (Å²) in [6.45, 7) is 0. The van der Waals surface area contributed by atoms with Gasteiger partial charge in [-0.25, -0.2) is 9.97 Å². The quantitative estimate of drug-likeness (QED) is 0.506. The number of nitrogens with zero attached hydrogens (tertiary/aromatic N) is 3. The lowest BCUT2D eigenvalue weighted by molar-refractivity contribution is 1.23. The van der Waals surface area contributed by atoms with Crippen molar-refractivity contribution in [3.63, 3.8) is 0 Å². The minimum absolute atomic E-state index is 0.660. The van der Waals surface area contributed by atoms with Gasteiger partial charge in [-0.3, -0.25) is 4.98 Å². The molecule has 0 spiro atoms. The summed E-state index contributed by atoms with van der Waals surface area (Å²) in [5.74, 6) is 0. The standard InChI is InChI=1S/C21H14N4/c1-2-4-14(5-3-1)20-13-23-19-11-17(12-24-21(19)25-20)15-6-7-18-16(10-15)8-9-22-18/h1-13,22H. The number of nitrogens with one attached hydrogen (secondary N) is 1. The Morgan fingerprint density at radius 2 is 1.64 bits per heavy atom. The molecule has 0 radical (unpaired) electrons. The smallest absolute Gasteiger partial charge is 0.178 e. The van der Waals surface area contributed by atoms with Gasteiger partial charge in [-0.2, -0.15) is 0 Å². The zero-order chi connectivity index (χ0) is 16.6. The third-order valence-corrected chi connectivity index (χ3v) is 4.36. The van der Waals surface area contributed by atoms with E-state index in [4.69, 9.17) is 0 Å². The van der Waals surface area contributed by atoms with Crippen LogP contribution in [0.3, 0.4) is 0 Å². The lowest BCUT2D eigenvalue weighted by atomic mass is 10.1. The van der Waals surface area contributed by atoms with Crippen LogP contribution in [0.25, 0.3) is 44.5 Å². The van der Waals surface area contributed by atoms with Crippen molar-refractivity contribution in [3.8, 4) is 22.4 Å². The van der Waals surface area contributed by atoms with E-state index in [0.29, 0.717) is 5.65 Å². The first kappa shape index (κ1) is 13.9. The second kappa shape index (κ2) is 5.53. The highest BCUT2D eigenvalue weighted by Gasteiger charge is 2.07. The third kappa shape index (κ3) is 2.44.